The van der Waals surface area contributed by atoms with Gasteiger partial charge in [0.25, 0.3) is 9.05 Å². The number of methoxy groups -OCH3 is 1. The van der Waals surface area contributed by atoms with Gasteiger partial charge in [0.1, 0.15) is 4.90 Å². The zero-order valence-electron chi connectivity index (χ0n) is 9.73. The molecular weight excluding hydrogens is 268 g/mol. The first-order chi connectivity index (χ1) is 7.77. The molecule has 0 amide bonds. The molecule has 1 heterocycles. The predicted molar refractivity (Wildman–Crippen MR) is 61.4 cm³/mol. The molecule has 0 aromatic carbocycles. The second-order valence-electron chi connectivity index (χ2n) is 3.49. The first kappa shape index (κ1) is 14.0. The van der Waals surface area contributed by atoms with Crippen LogP contribution in [0.3, 0.4) is 0 Å². The van der Waals surface area contributed by atoms with Crippen LogP contribution in [0.1, 0.15) is 17.8 Å². The summed E-state index contributed by atoms with van der Waals surface area (Å²) in [6.07, 6.45) is 0.125. The summed E-state index contributed by atoms with van der Waals surface area (Å²) < 4.78 is 28.5. The lowest BCUT2D eigenvalue weighted by atomic mass is 10.4. The summed E-state index contributed by atoms with van der Waals surface area (Å²) in [5.41, 5.74) is 0.740. The van der Waals surface area contributed by atoms with Crippen LogP contribution < -0.4 is 0 Å². The summed E-state index contributed by atoms with van der Waals surface area (Å²) in [6, 6.07) is 0. The van der Waals surface area contributed by atoms with Crippen molar-refractivity contribution in [3.8, 4) is 0 Å². The van der Waals surface area contributed by atoms with E-state index in [1.807, 2.05) is 0 Å². The van der Waals surface area contributed by atoms with Gasteiger partial charge in [0.05, 0.1) is 31.5 Å². The van der Waals surface area contributed by atoms with Crippen molar-refractivity contribution in [3.63, 3.8) is 0 Å². The van der Waals surface area contributed by atoms with Crippen molar-refractivity contribution in [2.24, 2.45) is 0 Å². The van der Waals surface area contributed by atoms with E-state index in [4.69, 9.17) is 10.7 Å². The van der Waals surface area contributed by atoms with Crippen molar-refractivity contribution in [3.05, 3.63) is 11.4 Å². The van der Waals surface area contributed by atoms with Crippen LogP contribution in [0.4, 0.5) is 0 Å². The van der Waals surface area contributed by atoms with Crippen molar-refractivity contribution in [2.45, 2.75) is 31.7 Å². The monoisotopic (exact) mass is 280 g/mol. The van der Waals surface area contributed by atoms with Gasteiger partial charge in [-0.2, -0.15) is 5.10 Å². The summed E-state index contributed by atoms with van der Waals surface area (Å²) in [4.78, 5) is 11.0. The molecule has 0 radical (unpaired) electrons. The van der Waals surface area contributed by atoms with Gasteiger partial charge in [0, 0.05) is 10.7 Å². The van der Waals surface area contributed by atoms with Gasteiger partial charge in [0.15, 0.2) is 0 Å². The molecule has 0 aliphatic carbocycles. The van der Waals surface area contributed by atoms with Gasteiger partial charge in [-0.25, -0.2) is 8.42 Å². The first-order valence-corrected chi connectivity index (χ1v) is 7.13. The van der Waals surface area contributed by atoms with Gasteiger partial charge < -0.3 is 4.74 Å². The van der Waals surface area contributed by atoms with Crippen LogP contribution in [0, 0.1) is 13.8 Å². The van der Waals surface area contributed by atoms with Gasteiger partial charge in [-0.1, -0.05) is 0 Å². The van der Waals surface area contributed by atoms with Crippen molar-refractivity contribution < 1.29 is 17.9 Å². The van der Waals surface area contributed by atoms with E-state index in [2.05, 4.69) is 9.84 Å². The van der Waals surface area contributed by atoms with Crippen molar-refractivity contribution in [1.82, 2.24) is 9.78 Å². The predicted octanol–water partition coefficient (Wildman–Crippen LogP) is 0.991. The third kappa shape index (κ3) is 3.19. The highest BCUT2D eigenvalue weighted by Gasteiger charge is 2.22. The van der Waals surface area contributed by atoms with E-state index in [9.17, 15) is 13.2 Å². The normalized spacial score (nSPS) is 11.5. The van der Waals surface area contributed by atoms with Crippen LogP contribution in [0.25, 0.3) is 0 Å². The van der Waals surface area contributed by atoms with E-state index in [1.54, 1.807) is 13.8 Å². The van der Waals surface area contributed by atoms with Crippen LogP contribution in [-0.2, 0) is 25.1 Å². The number of ether oxygens (including phenoxy) is 1. The minimum atomic E-state index is -3.81. The highest BCUT2D eigenvalue weighted by molar-refractivity contribution is 8.13. The Kier molecular flexibility index (Phi) is 4.16. The molecule has 0 aliphatic rings. The van der Waals surface area contributed by atoms with E-state index in [0.717, 1.165) is 0 Å². The number of nitrogens with zero attached hydrogens (tertiary/aromatic N) is 2. The fourth-order valence-electron chi connectivity index (χ4n) is 1.55. The average Bonchev–Trinajstić information content (AvgIpc) is 2.49. The molecule has 1 rings (SSSR count). The Hall–Kier alpha value is -1.08. The number of hydrogen-bond acceptors (Lipinski definition) is 5. The van der Waals surface area contributed by atoms with Crippen molar-refractivity contribution in [2.75, 3.05) is 7.11 Å². The maximum Gasteiger partial charge on any atom is 0.307 e. The fourth-order valence-corrected chi connectivity index (χ4v) is 3.07. The van der Waals surface area contributed by atoms with E-state index in [1.165, 1.54) is 11.8 Å². The minimum Gasteiger partial charge on any atom is -0.469 e. The van der Waals surface area contributed by atoms with Gasteiger partial charge >= 0.3 is 5.97 Å². The van der Waals surface area contributed by atoms with Crippen molar-refractivity contribution >= 4 is 25.7 Å². The van der Waals surface area contributed by atoms with Gasteiger partial charge in [-0.3, -0.25) is 9.48 Å². The van der Waals surface area contributed by atoms with E-state index < -0.39 is 9.05 Å². The summed E-state index contributed by atoms with van der Waals surface area (Å²) in [5.74, 6) is -0.382. The molecule has 0 aliphatic heterocycles. The average molecular weight is 281 g/mol. The molecular formula is C9H13ClN2O4S. The largest absolute Gasteiger partial charge is 0.469 e. The minimum absolute atomic E-state index is 0.00373. The Morgan fingerprint density at radius 1 is 1.47 bits per heavy atom. The molecule has 0 saturated heterocycles. The molecule has 0 unspecified atom stereocenters. The Labute approximate surface area is 104 Å². The number of rotatable bonds is 4. The molecule has 1 aromatic rings. The lowest BCUT2D eigenvalue weighted by Gasteiger charge is -2.03. The van der Waals surface area contributed by atoms with Crippen LogP contribution in [-0.4, -0.2) is 31.3 Å². The second-order valence-corrected chi connectivity index (χ2v) is 5.99. The number of carbonyl (C=O) groups excluding carboxylic acids is 1. The van der Waals surface area contributed by atoms with Gasteiger partial charge in [-0.05, 0) is 13.8 Å². The number of carbonyl (C=O) groups is 1. The molecule has 0 fully saturated rings. The smallest absolute Gasteiger partial charge is 0.307 e. The first-order valence-electron chi connectivity index (χ1n) is 4.83. The molecule has 0 spiro atoms. The maximum absolute atomic E-state index is 11.3. The summed E-state index contributed by atoms with van der Waals surface area (Å²) >= 11 is 0. The molecule has 0 bridgehead atoms. The topological polar surface area (TPSA) is 78.3 Å². The van der Waals surface area contributed by atoms with Crippen LogP contribution in [0.5, 0.6) is 0 Å². The van der Waals surface area contributed by atoms with Crippen LogP contribution >= 0.6 is 10.7 Å². The SMILES string of the molecule is COC(=O)CCn1nc(C)c(S(=O)(=O)Cl)c1C. The van der Waals surface area contributed by atoms with E-state index >= 15 is 0 Å². The summed E-state index contributed by atoms with van der Waals surface area (Å²) in [6.45, 7) is 3.40. The third-order valence-corrected chi connectivity index (χ3v) is 3.86. The maximum atomic E-state index is 11.3. The lowest BCUT2D eigenvalue weighted by Crippen LogP contribution is -2.09. The van der Waals surface area contributed by atoms with Crippen LogP contribution in [0.2, 0.25) is 0 Å². The Bertz CT molecular complexity index is 535. The molecule has 6 nitrogen and oxygen atoms in total. The number of aryl methyl sites for hydroxylation is 2. The molecule has 0 saturated carbocycles. The lowest BCUT2D eigenvalue weighted by molar-refractivity contribution is -0.140. The Morgan fingerprint density at radius 2 is 2.06 bits per heavy atom. The zero-order valence-corrected chi connectivity index (χ0v) is 11.3. The highest BCUT2D eigenvalue weighted by Crippen LogP contribution is 2.23. The molecule has 17 heavy (non-hydrogen) atoms. The zero-order chi connectivity index (χ0) is 13.2. The Morgan fingerprint density at radius 3 is 2.47 bits per heavy atom. The number of hydrogen-bond donors (Lipinski definition) is 0. The second kappa shape index (κ2) is 5.05. The van der Waals surface area contributed by atoms with Crippen LogP contribution in [0.15, 0.2) is 4.90 Å². The van der Waals surface area contributed by atoms with Gasteiger partial charge in [-0.15, -0.1) is 0 Å². The molecule has 0 N–H and O–H groups in total. The summed E-state index contributed by atoms with van der Waals surface area (Å²) in [7, 11) is 2.77. The van der Waals surface area contributed by atoms with Crippen molar-refractivity contribution in [1.29, 1.82) is 0 Å². The fraction of sp³-hybridized carbons (Fsp3) is 0.556. The summed E-state index contributed by atoms with van der Waals surface area (Å²) in [5, 5.41) is 4.03. The quantitative estimate of drug-likeness (QED) is 0.607. The van der Waals surface area contributed by atoms with E-state index in [-0.39, 0.29) is 23.8 Å². The molecule has 96 valence electrons. The number of esters is 1. The van der Waals surface area contributed by atoms with Gasteiger partial charge in [0.2, 0.25) is 0 Å². The van der Waals surface area contributed by atoms with E-state index in [0.29, 0.717) is 11.4 Å². The molecule has 0 atom stereocenters. The Balaban J connectivity index is 3.02. The standard InChI is InChI=1S/C9H13ClN2O4S/c1-6-9(17(10,14)15)7(2)12(11-6)5-4-8(13)16-3/h4-5H2,1-3H3. The number of aromatic nitrogens is 2. The number of halogens is 1. The highest BCUT2D eigenvalue weighted by atomic mass is 35.7. The molecule has 1 aromatic heterocycles. The molecule has 8 heteroatoms. The third-order valence-electron chi connectivity index (χ3n) is 2.31.